The molecule has 0 amide bonds. The quantitative estimate of drug-likeness (QED) is 0.139. The van der Waals surface area contributed by atoms with Crippen molar-refractivity contribution in [3.63, 3.8) is 0 Å². The first kappa shape index (κ1) is 83.3. The molecule has 0 atom stereocenters. The van der Waals surface area contributed by atoms with E-state index in [4.69, 9.17) is 39.3 Å². The van der Waals surface area contributed by atoms with Crippen LogP contribution in [0.15, 0.2) is 472 Å². The Morgan fingerprint density at radius 3 is 1.15 bits per heavy atom. The number of furan rings is 1. The molecule has 31 rings (SSSR count). The molecule has 0 unspecified atom stereocenters. The van der Waals surface area contributed by atoms with Crippen LogP contribution in [0.1, 0.15) is 25.0 Å². The Balaban J connectivity index is 0.000000104. The van der Waals surface area contributed by atoms with Crippen LogP contribution in [-0.2, 0) is 5.41 Å². The zero-order chi connectivity index (χ0) is 95.6. The van der Waals surface area contributed by atoms with E-state index < -0.39 is 0 Å². The van der Waals surface area contributed by atoms with Crippen molar-refractivity contribution in [2.75, 3.05) is 0 Å². The number of benzene rings is 25. The van der Waals surface area contributed by atoms with E-state index in [1.807, 2.05) is 65.9 Å². The largest absolute Gasteiger partial charge is 0.456 e. The van der Waals surface area contributed by atoms with Crippen LogP contribution in [0.2, 0.25) is 0 Å². The van der Waals surface area contributed by atoms with Crippen LogP contribution in [0, 0.1) is 0 Å². The SMILES string of the molecule is CC1(C)c2ccccc2-c2cc3c(ccc4ccc5cc(-c6cc(-c7nc(-c8ccccc8)nc(-c8ccccc8)n7)c7ccccc7c6)ccc5c43)cc21.c1ccc2cc(-c3nc(-c4ccc5c(ccc6ccc7cc8c(cc7c65)oc5ccccc58)c4)nc4ccccc34)ccc2c1.c1ccc2cc(-c3nc(-c4ccc5c(ccc6ccc7cc8c(cc7c65)sc5ccccc58)c4)nc4ccccc34)ccc2c1. The molecule has 0 spiro atoms. The highest BCUT2D eigenvalue weighted by molar-refractivity contribution is 7.25. The van der Waals surface area contributed by atoms with Crippen LogP contribution < -0.4 is 0 Å². The summed E-state index contributed by atoms with van der Waals surface area (Å²) in [5.74, 6) is 3.42. The highest BCUT2D eigenvalue weighted by atomic mass is 32.1. The van der Waals surface area contributed by atoms with Gasteiger partial charge < -0.3 is 4.42 Å². The molecule has 0 saturated heterocycles. The molecule has 0 fully saturated rings. The Kier molecular flexibility index (Phi) is 19.1. The highest BCUT2D eigenvalue weighted by Crippen LogP contribution is 2.53. The molecule has 145 heavy (non-hydrogen) atoms. The predicted octanol–water partition coefficient (Wildman–Crippen LogP) is 36.9. The van der Waals surface area contributed by atoms with Gasteiger partial charge in [0.2, 0.25) is 0 Å². The lowest BCUT2D eigenvalue weighted by Crippen LogP contribution is -2.14. The maximum atomic E-state index is 6.29. The maximum Gasteiger partial charge on any atom is 0.164 e. The van der Waals surface area contributed by atoms with Gasteiger partial charge in [-0.25, -0.2) is 34.9 Å². The van der Waals surface area contributed by atoms with Crippen LogP contribution in [0.3, 0.4) is 0 Å². The fraction of sp³-hybridized carbons (Fsp3) is 0.0221. The predicted molar refractivity (Wildman–Crippen MR) is 610 cm³/mol. The molecule has 30 aromatic rings. The van der Waals surface area contributed by atoms with Gasteiger partial charge in [-0.15, -0.1) is 11.3 Å². The Morgan fingerprint density at radius 2 is 0.572 bits per heavy atom. The van der Waals surface area contributed by atoms with Gasteiger partial charge in [-0.05, 0) is 266 Å². The van der Waals surface area contributed by atoms with Gasteiger partial charge in [0.1, 0.15) is 11.2 Å². The molecule has 0 aliphatic heterocycles. The van der Waals surface area contributed by atoms with E-state index in [1.54, 1.807) is 0 Å². The van der Waals surface area contributed by atoms with Gasteiger partial charge in [-0.1, -0.05) is 378 Å². The standard InChI is InChI=1S/C52H35N3.C42H24N2O.C42H24N2S/c1-52(2)46-20-12-11-19-42(46)44-31-43-38(30-47(44)52)24-22-32-21-23-37-27-35(25-26-41(37)48(32)43)39-28-36-17-9-10-18-40(36)45(29-39)51-54-49(33-13-5-3-6-14-33)53-50(55-51)34-15-7-4-8-16-34;2*1-2-8-27-21-30(18-13-25(27)7-1)41-34-10-3-5-11-37(34)43-42(44-41)31-19-20-32-28(22-31)16-14-26-15-17-29-23-36-33-9-4-6-12-38(33)45-39(36)24-35(29)40(26)32/h3-31H,1-2H3;2*1-24H. The summed E-state index contributed by atoms with van der Waals surface area (Å²) in [7, 11) is 0. The van der Waals surface area contributed by atoms with Crippen LogP contribution in [0.25, 0.3) is 295 Å². The fourth-order valence-electron chi connectivity index (χ4n) is 22.9. The van der Waals surface area contributed by atoms with Gasteiger partial charge in [-0.3, -0.25) is 0 Å². The first-order chi connectivity index (χ1) is 71.5. The first-order valence-electron chi connectivity index (χ1n) is 49.4. The van der Waals surface area contributed by atoms with Crippen LogP contribution in [-0.4, -0.2) is 34.9 Å². The third kappa shape index (κ3) is 14.1. The monoisotopic (exact) mass is 1860 g/mol. The minimum absolute atomic E-state index is 0.0328. The number of nitrogens with zero attached hydrogens (tertiary/aromatic N) is 7. The van der Waals surface area contributed by atoms with Gasteiger partial charge in [-0.2, -0.15) is 0 Å². The van der Waals surface area contributed by atoms with Gasteiger partial charge in [0.05, 0.1) is 22.4 Å². The van der Waals surface area contributed by atoms with Crippen molar-refractivity contribution in [2.24, 2.45) is 0 Å². The van der Waals surface area contributed by atoms with E-state index >= 15 is 0 Å². The molecule has 0 bridgehead atoms. The van der Waals surface area contributed by atoms with Crippen molar-refractivity contribution >= 4 is 205 Å². The van der Waals surface area contributed by atoms with Crippen LogP contribution in [0.5, 0.6) is 0 Å². The van der Waals surface area contributed by atoms with E-state index in [1.165, 1.54) is 156 Å². The molecule has 0 radical (unpaired) electrons. The van der Waals surface area contributed by atoms with Crippen molar-refractivity contribution in [2.45, 2.75) is 19.3 Å². The highest BCUT2D eigenvalue weighted by Gasteiger charge is 2.36. The maximum absolute atomic E-state index is 6.29. The van der Waals surface area contributed by atoms with Crippen molar-refractivity contribution in [1.82, 2.24) is 34.9 Å². The summed E-state index contributed by atoms with van der Waals surface area (Å²) in [6.45, 7) is 4.70. The smallest absolute Gasteiger partial charge is 0.164 e. The number of aromatic nitrogens is 7. The lowest BCUT2D eigenvalue weighted by atomic mass is 9.81. The molecule has 0 saturated carbocycles. The number of para-hydroxylation sites is 3. The minimum Gasteiger partial charge on any atom is -0.456 e. The number of rotatable bonds is 8. The van der Waals surface area contributed by atoms with Crippen LogP contribution >= 0.6 is 11.3 Å². The summed E-state index contributed by atoms with van der Waals surface area (Å²) in [5.41, 5.74) is 20.4. The molecule has 5 heterocycles. The number of thiophene rings is 1. The van der Waals surface area contributed by atoms with Crippen molar-refractivity contribution in [3.05, 3.63) is 478 Å². The zero-order valence-electron chi connectivity index (χ0n) is 78.9. The van der Waals surface area contributed by atoms with Crippen molar-refractivity contribution in [1.29, 1.82) is 0 Å². The Hall–Kier alpha value is -18.7. The molecule has 25 aromatic carbocycles. The second kappa shape index (κ2) is 33.3. The summed E-state index contributed by atoms with van der Waals surface area (Å²) in [6, 6.07) is 167. The van der Waals surface area contributed by atoms with E-state index in [-0.39, 0.29) is 5.41 Å². The summed E-state index contributed by atoms with van der Waals surface area (Å²) in [4.78, 5) is 35.7. The van der Waals surface area contributed by atoms with E-state index in [9.17, 15) is 0 Å². The first-order valence-corrected chi connectivity index (χ1v) is 50.2. The van der Waals surface area contributed by atoms with Gasteiger partial charge in [0.25, 0.3) is 0 Å². The topological polar surface area (TPSA) is 103 Å². The molecule has 8 nitrogen and oxygen atoms in total. The lowest BCUT2D eigenvalue weighted by molar-refractivity contribution is 0.661. The lowest BCUT2D eigenvalue weighted by Gasteiger charge is -2.22. The summed E-state index contributed by atoms with van der Waals surface area (Å²) in [6.07, 6.45) is 0. The van der Waals surface area contributed by atoms with Crippen molar-refractivity contribution in [3.8, 4) is 102 Å². The number of hydrogen-bond donors (Lipinski definition) is 0. The number of hydrogen-bond acceptors (Lipinski definition) is 9. The molecule has 1 aliphatic rings. The molecule has 9 heteroatoms. The fourth-order valence-corrected chi connectivity index (χ4v) is 24.0. The zero-order valence-corrected chi connectivity index (χ0v) is 79.7. The molecule has 1 aliphatic carbocycles. The molecular weight excluding hydrogens is 1780 g/mol. The Morgan fingerprint density at radius 1 is 0.179 bits per heavy atom. The molecule has 0 N–H and O–H groups in total. The summed E-state index contributed by atoms with van der Waals surface area (Å²) in [5, 5.41) is 36.5. The second-order valence-electron chi connectivity index (χ2n) is 38.9. The molecule has 5 aromatic heterocycles. The average Bonchev–Trinajstić information content (AvgIpc) is 1.53. The average molecular weight is 1860 g/mol. The normalized spacial score (nSPS) is 12.4. The number of fused-ring (bicyclic) bond motifs is 29. The molecule has 674 valence electrons. The third-order valence-corrected chi connectivity index (χ3v) is 31.2. The summed E-state index contributed by atoms with van der Waals surface area (Å²) >= 11 is 1.87. The second-order valence-corrected chi connectivity index (χ2v) is 39.9. The van der Waals surface area contributed by atoms with Gasteiger partial charge >= 0.3 is 0 Å². The molecular formula is C136H83N7OS. The van der Waals surface area contributed by atoms with E-state index in [0.717, 1.165) is 133 Å². The van der Waals surface area contributed by atoms with Gasteiger partial charge in [0, 0.05) is 86.1 Å². The third-order valence-electron chi connectivity index (χ3n) is 30.0. The van der Waals surface area contributed by atoms with Crippen molar-refractivity contribution < 1.29 is 4.42 Å². The Labute approximate surface area is 836 Å². The van der Waals surface area contributed by atoms with E-state index in [0.29, 0.717) is 17.5 Å². The Bertz CT molecular complexity index is 10300. The minimum atomic E-state index is -0.0328. The van der Waals surface area contributed by atoms with E-state index in [2.05, 4.69) is 426 Å². The summed E-state index contributed by atoms with van der Waals surface area (Å²) < 4.78 is 8.95. The van der Waals surface area contributed by atoms with Crippen LogP contribution in [0.4, 0.5) is 0 Å². The van der Waals surface area contributed by atoms with Gasteiger partial charge in [0.15, 0.2) is 29.1 Å².